The number of para-hydroxylation sites is 1. The van der Waals surface area contributed by atoms with E-state index in [2.05, 4.69) is 0 Å². The number of imide groups is 1. The van der Waals surface area contributed by atoms with Gasteiger partial charge in [0.05, 0.1) is 18.4 Å². The number of nitrogens with zero attached hydrogens (tertiary/aromatic N) is 2. The SMILES string of the molecule is COC(=O)c1cccc(-n2c(C)cc(C=C3OC(=O)N(c4ccccc4)C3=O)c2C)c1. The van der Waals surface area contributed by atoms with Crippen molar-refractivity contribution in [2.45, 2.75) is 13.8 Å². The first-order valence-corrected chi connectivity index (χ1v) is 9.61. The molecule has 0 spiro atoms. The summed E-state index contributed by atoms with van der Waals surface area (Å²) in [6.07, 6.45) is 0.827. The normalized spacial score (nSPS) is 14.8. The average molecular weight is 416 g/mol. The van der Waals surface area contributed by atoms with Crippen LogP contribution in [0, 0.1) is 13.8 Å². The molecule has 1 fully saturated rings. The predicted molar refractivity (Wildman–Crippen MR) is 115 cm³/mol. The minimum Gasteiger partial charge on any atom is -0.465 e. The van der Waals surface area contributed by atoms with Crippen LogP contribution in [0.5, 0.6) is 0 Å². The molecule has 1 aliphatic heterocycles. The van der Waals surface area contributed by atoms with Crippen molar-refractivity contribution in [1.29, 1.82) is 0 Å². The summed E-state index contributed by atoms with van der Waals surface area (Å²) in [6.45, 7) is 3.80. The van der Waals surface area contributed by atoms with E-state index in [4.69, 9.17) is 9.47 Å². The van der Waals surface area contributed by atoms with Gasteiger partial charge in [-0.15, -0.1) is 0 Å². The lowest BCUT2D eigenvalue weighted by atomic mass is 10.2. The van der Waals surface area contributed by atoms with Crippen molar-refractivity contribution in [2.75, 3.05) is 12.0 Å². The number of ether oxygens (including phenoxy) is 2. The second-order valence-corrected chi connectivity index (χ2v) is 7.06. The largest absolute Gasteiger partial charge is 0.465 e. The molecule has 2 heterocycles. The number of rotatable bonds is 4. The number of hydrogen-bond acceptors (Lipinski definition) is 5. The van der Waals surface area contributed by atoms with Gasteiger partial charge >= 0.3 is 18.0 Å². The van der Waals surface area contributed by atoms with Crippen molar-refractivity contribution in [3.05, 3.63) is 88.9 Å². The zero-order valence-corrected chi connectivity index (χ0v) is 17.3. The summed E-state index contributed by atoms with van der Waals surface area (Å²) in [5.41, 5.74) is 4.11. The van der Waals surface area contributed by atoms with E-state index in [0.29, 0.717) is 11.3 Å². The van der Waals surface area contributed by atoms with E-state index in [0.717, 1.165) is 27.5 Å². The van der Waals surface area contributed by atoms with Gasteiger partial charge < -0.3 is 14.0 Å². The summed E-state index contributed by atoms with van der Waals surface area (Å²) in [5, 5.41) is 0. The van der Waals surface area contributed by atoms with Crippen LogP contribution >= 0.6 is 0 Å². The fourth-order valence-electron chi connectivity index (χ4n) is 3.63. The third kappa shape index (κ3) is 3.61. The molecule has 2 amide bonds. The molecule has 31 heavy (non-hydrogen) atoms. The van der Waals surface area contributed by atoms with Gasteiger partial charge in [-0.1, -0.05) is 24.3 Å². The van der Waals surface area contributed by atoms with Crippen LogP contribution in [0.4, 0.5) is 10.5 Å². The molecule has 0 bridgehead atoms. The molecule has 1 aliphatic rings. The standard InChI is InChI=1S/C24H20N2O5/c1-15-12-18(16(2)25(15)20-11-7-8-17(13-20)23(28)30-3)14-21-22(27)26(24(29)31-21)19-9-5-4-6-10-19/h4-14H,1-3H3. The van der Waals surface area contributed by atoms with Crippen molar-refractivity contribution < 1.29 is 23.9 Å². The number of hydrogen-bond donors (Lipinski definition) is 0. The molecule has 2 aromatic carbocycles. The second kappa shape index (κ2) is 7.95. The summed E-state index contributed by atoms with van der Waals surface area (Å²) in [4.78, 5) is 38.0. The molecular formula is C24H20N2O5. The van der Waals surface area contributed by atoms with Gasteiger partial charge in [0.15, 0.2) is 5.76 Å². The Morgan fingerprint density at radius 2 is 1.68 bits per heavy atom. The van der Waals surface area contributed by atoms with Gasteiger partial charge in [0.25, 0.3) is 0 Å². The van der Waals surface area contributed by atoms with Gasteiger partial charge in [-0.05, 0) is 61.9 Å². The van der Waals surface area contributed by atoms with E-state index < -0.39 is 18.0 Å². The van der Waals surface area contributed by atoms with Crippen LogP contribution in [0.25, 0.3) is 11.8 Å². The summed E-state index contributed by atoms with van der Waals surface area (Å²) in [7, 11) is 1.34. The monoisotopic (exact) mass is 416 g/mol. The minimum atomic E-state index is -0.734. The fourth-order valence-corrected chi connectivity index (χ4v) is 3.63. The number of benzene rings is 2. The highest BCUT2D eigenvalue weighted by Gasteiger charge is 2.37. The molecule has 3 aromatic rings. The zero-order valence-electron chi connectivity index (χ0n) is 17.3. The Balaban J connectivity index is 1.70. The lowest BCUT2D eigenvalue weighted by Gasteiger charge is -2.11. The molecule has 0 unspecified atom stereocenters. The summed E-state index contributed by atoms with van der Waals surface area (Å²) >= 11 is 0. The Kier molecular flexibility index (Phi) is 5.17. The Hall–Kier alpha value is -4.13. The van der Waals surface area contributed by atoms with Crippen molar-refractivity contribution in [1.82, 2.24) is 4.57 Å². The fraction of sp³-hybridized carbons (Fsp3) is 0.125. The molecule has 0 radical (unpaired) electrons. The number of methoxy groups -OCH3 is 1. The summed E-state index contributed by atoms with van der Waals surface area (Å²) in [5.74, 6) is -0.984. The van der Waals surface area contributed by atoms with Gasteiger partial charge in [0, 0.05) is 17.1 Å². The molecule has 1 aromatic heterocycles. The van der Waals surface area contributed by atoms with Crippen molar-refractivity contribution >= 4 is 29.7 Å². The first kappa shape index (κ1) is 20.2. The number of carbonyl (C=O) groups excluding carboxylic acids is 3. The number of cyclic esters (lactones) is 1. The van der Waals surface area contributed by atoms with Crippen LogP contribution in [0.2, 0.25) is 0 Å². The number of esters is 1. The van der Waals surface area contributed by atoms with E-state index >= 15 is 0 Å². The first-order chi connectivity index (χ1) is 14.9. The second-order valence-electron chi connectivity index (χ2n) is 7.06. The van der Waals surface area contributed by atoms with E-state index in [1.54, 1.807) is 54.6 Å². The molecule has 156 valence electrons. The molecule has 0 atom stereocenters. The van der Waals surface area contributed by atoms with Crippen LogP contribution in [-0.2, 0) is 14.3 Å². The maximum Gasteiger partial charge on any atom is 0.427 e. The highest BCUT2D eigenvalue weighted by Crippen LogP contribution is 2.28. The van der Waals surface area contributed by atoms with Gasteiger partial charge in [-0.25, -0.2) is 14.5 Å². The molecule has 0 saturated carbocycles. The van der Waals surface area contributed by atoms with Crippen LogP contribution in [0.3, 0.4) is 0 Å². The van der Waals surface area contributed by atoms with Gasteiger partial charge in [-0.2, -0.15) is 0 Å². The number of anilines is 1. The van der Waals surface area contributed by atoms with Gasteiger partial charge in [0.2, 0.25) is 0 Å². The number of amides is 2. The molecule has 4 rings (SSSR count). The molecule has 7 nitrogen and oxygen atoms in total. The summed E-state index contributed by atoms with van der Waals surface area (Å²) < 4.78 is 12.0. The van der Waals surface area contributed by atoms with E-state index in [1.807, 2.05) is 30.5 Å². The average Bonchev–Trinajstić information content (AvgIpc) is 3.22. The smallest absolute Gasteiger partial charge is 0.427 e. The highest BCUT2D eigenvalue weighted by atomic mass is 16.6. The van der Waals surface area contributed by atoms with Gasteiger partial charge in [0.1, 0.15) is 0 Å². The van der Waals surface area contributed by atoms with E-state index in [9.17, 15) is 14.4 Å². The van der Waals surface area contributed by atoms with Crippen molar-refractivity contribution in [2.24, 2.45) is 0 Å². The topological polar surface area (TPSA) is 77.8 Å². The minimum absolute atomic E-state index is 0.0441. The number of carbonyl (C=O) groups is 3. The van der Waals surface area contributed by atoms with E-state index in [1.165, 1.54) is 7.11 Å². The third-order valence-corrected chi connectivity index (χ3v) is 5.09. The quantitative estimate of drug-likeness (QED) is 0.465. The van der Waals surface area contributed by atoms with Crippen LogP contribution in [0.1, 0.15) is 27.3 Å². The highest BCUT2D eigenvalue weighted by molar-refractivity contribution is 6.24. The Bertz CT molecular complexity index is 1220. The molecule has 0 N–H and O–H groups in total. The Morgan fingerprint density at radius 3 is 2.39 bits per heavy atom. The molecule has 7 heteroatoms. The van der Waals surface area contributed by atoms with Gasteiger partial charge in [-0.3, -0.25) is 4.79 Å². The van der Waals surface area contributed by atoms with Crippen LogP contribution in [0.15, 0.2) is 66.4 Å². The van der Waals surface area contributed by atoms with Crippen LogP contribution in [-0.4, -0.2) is 29.6 Å². The van der Waals surface area contributed by atoms with Crippen molar-refractivity contribution in [3.63, 3.8) is 0 Å². The molecular weight excluding hydrogens is 396 g/mol. The number of aryl methyl sites for hydroxylation is 1. The number of aromatic nitrogens is 1. The summed E-state index contributed by atoms with van der Waals surface area (Å²) in [6, 6.07) is 17.6. The third-order valence-electron chi connectivity index (χ3n) is 5.09. The Morgan fingerprint density at radius 1 is 0.968 bits per heavy atom. The maximum atomic E-state index is 12.8. The lowest BCUT2D eigenvalue weighted by Crippen LogP contribution is -2.28. The van der Waals surface area contributed by atoms with Crippen LogP contribution < -0.4 is 4.90 Å². The zero-order chi connectivity index (χ0) is 22.1. The molecule has 0 aliphatic carbocycles. The van der Waals surface area contributed by atoms with Crippen molar-refractivity contribution in [3.8, 4) is 5.69 Å². The first-order valence-electron chi connectivity index (χ1n) is 9.61. The Labute approximate surface area is 179 Å². The molecule has 1 saturated heterocycles. The lowest BCUT2D eigenvalue weighted by molar-refractivity contribution is -0.114. The predicted octanol–water partition coefficient (Wildman–Crippen LogP) is 4.41. The maximum absolute atomic E-state index is 12.8. The van der Waals surface area contributed by atoms with E-state index in [-0.39, 0.29) is 5.76 Å².